The maximum absolute atomic E-state index is 13.0. The molecule has 2 aliphatic rings. The highest BCUT2D eigenvalue weighted by molar-refractivity contribution is 7.10. The number of nitro benzene ring substituents is 1. The number of amides is 1. The number of Topliss-reactive ketones (excluding diaryl/α,β-unsaturated/α-hetero) is 1. The van der Waals surface area contributed by atoms with Gasteiger partial charge < -0.3 is 15.2 Å². The van der Waals surface area contributed by atoms with Crippen LogP contribution >= 0.6 is 11.3 Å². The molecule has 0 saturated carbocycles. The summed E-state index contributed by atoms with van der Waals surface area (Å²) in [5.74, 6) is -1.59. The zero-order valence-corrected chi connectivity index (χ0v) is 16.3. The molecular formula is C20H18N2O6S. The molecule has 0 bridgehead atoms. The van der Waals surface area contributed by atoms with Crippen LogP contribution in [0.25, 0.3) is 0 Å². The van der Waals surface area contributed by atoms with Crippen molar-refractivity contribution in [1.82, 2.24) is 5.32 Å². The number of phenolic OH excluding ortho intramolecular Hbond substituents is 1. The van der Waals surface area contributed by atoms with Crippen molar-refractivity contribution in [2.45, 2.75) is 31.1 Å². The predicted molar refractivity (Wildman–Crippen MR) is 105 cm³/mol. The van der Waals surface area contributed by atoms with Gasteiger partial charge in [0.15, 0.2) is 11.5 Å². The average molecular weight is 414 g/mol. The van der Waals surface area contributed by atoms with E-state index in [9.17, 15) is 24.8 Å². The van der Waals surface area contributed by atoms with E-state index in [0.717, 1.165) is 4.88 Å². The lowest BCUT2D eigenvalue weighted by atomic mass is 9.74. The van der Waals surface area contributed by atoms with E-state index in [1.165, 1.54) is 19.2 Å². The second kappa shape index (κ2) is 7.32. The maximum atomic E-state index is 13.0. The monoisotopic (exact) mass is 414 g/mol. The van der Waals surface area contributed by atoms with Gasteiger partial charge in [0.05, 0.1) is 12.0 Å². The van der Waals surface area contributed by atoms with E-state index in [1.807, 2.05) is 17.5 Å². The number of nitro groups is 1. The second-order valence-corrected chi connectivity index (χ2v) is 8.07. The number of ketones is 1. The summed E-state index contributed by atoms with van der Waals surface area (Å²) in [6.45, 7) is 0. The number of phenols is 1. The third-order valence-electron chi connectivity index (χ3n) is 5.38. The zero-order chi connectivity index (χ0) is 20.7. The molecule has 2 aromatic rings. The number of methoxy groups -OCH3 is 1. The lowest BCUT2D eigenvalue weighted by Crippen LogP contribution is -2.38. The Bertz CT molecular complexity index is 1040. The first kappa shape index (κ1) is 19.1. The number of hydrogen-bond donors (Lipinski definition) is 2. The van der Waals surface area contributed by atoms with E-state index < -0.39 is 22.3 Å². The first-order valence-corrected chi connectivity index (χ1v) is 9.91. The molecule has 8 nitrogen and oxygen atoms in total. The minimum Gasteiger partial charge on any atom is -0.500 e. The van der Waals surface area contributed by atoms with Gasteiger partial charge in [-0.15, -0.1) is 11.3 Å². The van der Waals surface area contributed by atoms with Crippen LogP contribution in [-0.2, 0) is 9.59 Å². The summed E-state index contributed by atoms with van der Waals surface area (Å²) in [6.07, 6.45) is 0.851. The summed E-state index contributed by atoms with van der Waals surface area (Å²) in [7, 11) is 1.29. The van der Waals surface area contributed by atoms with Crippen LogP contribution < -0.4 is 10.1 Å². The van der Waals surface area contributed by atoms with Gasteiger partial charge in [0.2, 0.25) is 11.7 Å². The molecule has 1 aromatic carbocycles. The quantitative estimate of drug-likeness (QED) is 0.585. The Morgan fingerprint density at radius 3 is 2.72 bits per heavy atom. The molecule has 1 aliphatic carbocycles. The van der Waals surface area contributed by atoms with E-state index in [2.05, 4.69) is 5.32 Å². The first-order chi connectivity index (χ1) is 13.9. The van der Waals surface area contributed by atoms with Crippen LogP contribution in [-0.4, -0.2) is 28.8 Å². The number of hydrogen-bond acceptors (Lipinski definition) is 7. The molecular weight excluding hydrogens is 396 g/mol. The van der Waals surface area contributed by atoms with Crippen LogP contribution in [0, 0.1) is 10.1 Å². The molecule has 150 valence electrons. The Labute approximate surface area is 170 Å². The largest absolute Gasteiger partial charge is 0.500 e. The van der Waals surface area contributed by atoms with Gasteiger partial charge in [0, 0.05) is 46.9 Å². The fourth-order valence-electron chi connectivity index (χ4n) is 4.08. The number of thiophene rings is 1. The standard InChI is InChI=1S/C20H18N2O6S/c1-28-16-8-10(6-14(20(16)25)22(26)27)12-9-18(24)21-13-5-11(7-15(23)19(12)13)17-3-2-4-29-17/h2-4,6,8,11-12,25H,5,7,9H2,1H3,(H,21,24)/t11-,12-/m0/s1. The number of carbonyl (C=O) groups excluding carboxylic acids is 2. The van der Waals surface area contributed by atoms with Crippen LogP contribution in [0.4, 0.5) is 5.69 Å². The van der Waals surface area contributed by atoms with Gasteiger partial charge in [-0.1, -0.05) is 6.07 Å². The van der Waals surface area contributed by atoms with Gasteiger partial charge in [0.25, 0.3) is 0 Å². The highest BCUT2D eigenvalue weighted by atomic mass is 32.1. The lowest BCUT2D eigenvalue weighted by Gasteiger charge is -2.34. The molecule has 0 unspecified atom stereocenters. The van der Waals surface area contributed by atoms with E-state index in [-0.39, 0.29) is 29.8 Å². The van der Waals surface area contributed by atoms with Gasteiger partial charge in [0.1, 0.15) is 0 Å². The number of ether oxygens (including phenoxy) is 1. The summed E-state index contributed by atoms with van der Waals surface area (Å²) in [6, 6.07) is 6.57. The topological polar surface area (TPSA) is 119 Å². The molecule has 0 radical (unpaired) electrons. The minimum atomic E-state index is -0.713. The van der Waals surface area contributed by atoms with Crippen molar-refractivity contribution in [3.8, 4) is 11.5 Å². The van der Waals surface area contributed by atoms with E-state index >= 15 is 0 Å². The molecule has 0 saturated heterocycles. The van der Waals surface area contributed by atoms with E-state index in [0.29, 0.717) is 29.7 Å². The van der Waals surface area contributed by atoms with Gasteiger partial charge >= 0.3 is 5.69 Å². The first-order valence-electron chi connectivity index (χ1n) is 9.03. The van der Waals surface area contributed by atoms with E-state index in [1.54, 1.807) is 11.3 Å². The molecule has 2 heterocycles. The van der Waals surface area contributed by atoms with Crippen molar-refractivity contribution in [2.24, 2.45) is 0 Å². The fourth-order valence-corrected chi connectivity index (χ4v) is 4.91. The smallest absolute Gasteiger partial charge is 0.314 e. The number of allylic oxidation sites excluding steroid dienone is 2. The molecule has 2 atom stereocenters. The molecule has 1 aromatic heterocycles. The third-order valence-corrected chi connectivity index (χ3v) is 6.41. The maximum Gasteiger partial charge on any atom is 0.314 e. The minimum absolute atomic E-state index is 0.000669. The summed E-state index contributed by atoms with van der Waals surface area (Å²) < 4.78 is 5.07. The normalized spacial score (nSPS) is 21.6. The average Bonchev–Trinajstić information content (AvgIpc) is 3.21. The Balaban J connectivity index is 1.79. The van der Waals surface area contributed by atoms with E-state index in [4.69, 9.17) is 4.74 Å². The number of rotatable bonds is 4. The molecule has 1 amide bonds. The Morgan fingerprint density at radius 1 is 1.28 bits per heavy atom. The van der Waals surface area contributed by atoms with Crippen LogP contribution in [0.3, 0.4) is 0 Å². The number of nitrogens with one attached hydrogen (secondary N) is 1. The van der Waals surface area contributed by atoms with Crippen LogP contribution in [0.5, 0.6) is 11.5 Å². The van der Waals surface area contributed by atoms with Crippen LogP contribution in [0.1, 0.15) is 41.5 Å². The van der Waals surface area contributed by atoms with Crippen molar-refractivity contribution in [1.29, 1.82) is 0 Å². The number of benzene rings is 1. The summed E-state index contributed by atoms with van der Waals surface area (Å²) in [5.41, 5.74) is 0.943. The number of aromatic hydroxyl groups is 1. The highest BCUT2D eigenvalue weighted by Crippen LogP contribution is 2.46. The molecule has 0 spiro atoms. The zero-order valence-electron chi connectivity index (χ0n) is 15.5. The van der Waals surface area contributed by atoms with Crippen LogP contribution in [0.2, 0.25) is 0 Å². The van der Waals surface area contributed by atoms with Crippen molar-refractivity contribution in [2.75, 3.05) is 7.11 Å². The Hall–Kier alpha value is -3.20. The highest BCUT2D eigenvalue weighted by Gasteiger charge is 2.39. The number of carbonyl (C=O) groups is 2. The molecule has 1 aliphatic heterocycles. The van der Waals surface area contributed by atoms with Crippen molar-refractivity contribution >= 4 is 28.7 Å². The molecule has 2 N–H and O–H groups in total. The molecule has 9 heteroatoms. The number of nitrogens with zero attached hydrogens (tertiary/aromatic N) is 1. The van der Waals surface area contributed by atoms with Crippen LogP contribution in [0.15, 0.2) is 40.9 Å². The molecule has 4 rings (SSSR count). The second-order valence-electron chi connectivity index (χ2n) is 7.09. The van der Waals surface area contributed by atoms with Crippen molar-refractivity contribution in [3.63, 3.8) is 0 Å². The Kier molecular flexibility index (Phi) is 4.83. The van der Waals surface area contributed by atoms with Gasteiger partial charge in [-0.3, -0.25) is 19.7 Å². The summed E-state index contributed by atoms with van der Waals surface area (Å²) >= 11 is 1.57. The fraction of sp³-hybridized carbons (Fsp3) is 0.300. The summed E-state index contributed by atoms with van der Waals surface area (Å²) in [4.78, 5) is 37.1. The van der Waals surface area contributed by atoms with Crippen molar-refractivity contribution < 1.29 is 24.4 Å². The summed E-state index contributed by atoms with van der Waals surface area (Å²) in [5, 5.41) is 26.2. The van der Waals surface area contributed by atoms with Gasteiger partial charge in [-0.05, 0) is 29.5 Å². The third kappa shape index (κ3) is 3.38. The molecule has 29 heavy (non-hydrogen) atoms. The predicted octanol–water partition coefficient (Wildman–Crippen LogP) is 3.37. The SMILES string of the molecule is COc1cc([C@@H]2CC(=O)NC3=C2C(=O)C[C@@H](c2cccs2)C3)cc([N+](=O)[O-])c1O. The van der Waals surface area contributed by atoms with Gasteiger partial charge in [-0.25, -0.2) is 0 Å². The lowest BCUT2D eigenvalue weighted by molar-refractivity contribution is -0.386. The van der Waals surface area contributed by atoms with Gasteiger partial charge in [-0.2, -0.15) is 0 Å². The molecule has 0 fully saturated rings. The van der Waals surface area contributed by atoms with Crippen molar-refractivity contribution in [3.05, 3.63) is 61.5 Å². The Morgan fingerprint density at radius 2 is 2.07 bits per heavy atom.